The van der Waals surface area contributed by atoms with Crippen molar-refractivity contribution in [3.8, 4) is 0 Å². The summed E-state index contributed by atoms with van der Waals surface area (Å²) in [6.45, 7) is 5.94. The first-order chi connectivity index (χ1) is 8.75. The number of carbonyl (C=O) groups is 1. The van der Waals surface area contributed by atoms with Gasteiger partial charge >= 0.3 is 0 Å². The summed E-state index contributed by atoms with van der Waals surface area (Å²) in [6.07, 6.45) is 3.67. The monoisotopic (exact) mass is 255 g/mol. The van der Waals surface area contributed by atoms with E-state index in [0.717, 1.165) is 58.6 Å². The number of hydrogen-bond donors (Lipinski definition) is 1. The van der Waals surface area contributed by atoms with Crippen LogP contribution in [0.5, 0.6) is 0 Å². The van der Waals surface area contributed by atoms with Crippen LogP contribution in [0.4, 0.5) is 0 Å². The molecule has 0 aromatic heterocycles. The minimum Gasteiger partial charge on any atom is -0.377 e. The van der Waals surface area contributed by atoms with Gasteiger partial charge in [-0.15, -0.1) is 0 Å². The van der Waals surface area contributed by atoms with Crippen molar-refractivity contribution in [3.05, 3.63) is 0 Å². The number of carbonyl (C=O) groups excluding carboxylic acids is 1. The van der Waals surface area contributed by atoms with Crippen molar-refractivity contribution in [1.29, 1.82) is 0 Å². The van der Waals surface area contributed by atoms with Gasteiger partial charge in [0.2, 0.25) is 5.91 Å². The molecule has 5 heteroatoms. The highest BCUT2D eigenvalue weighted by molar-refractivity contribution is 5.78. The van der Waals surface area contributed by atoms with Crippen molar-refractivity contribution < 1.29 is 9.53 Å². The molecule has 2 rings (SSSR count). The first-order valence-corrected chi connectivity index (χ1v) is 7.04. The van der Waals surface area contributed by atoms with Crippen molar-refractivity contribution in [3.63, 3.8) is 0 Å². The summed E-state index contributed by atoms with van der Waals surface area (Å²) in [6, 6.07) is 0. The van der Waals surface area contributed by atoms with Gasteiger partial charge in [-0.05, 0) is 32.9 Å². The van der Waals surface area contributed by atoms with Crippen LogP contribution in [0.25, 0.3) is 0 Å². The molecule has 2 heterocycles. The highest BCUT2D eigenvalue weighted by Crippen LogP contribution is 2.12. The molecular weight excluding hydrogens is 230 g/mol. The minimum atomic E-state index is 0.249. The summed E-state index contributed by atoms with van der Waals surface area (Å²) in [7, 11) is 2.01. The molecule has 18 heavy (non-hydrogen) atoms. The molecule has 2 aliphatic heterocycles. The van der Waals surface area contributed by atoms with E-state index < -0.39 is 0 Å². The Morgan fingerprint density at radius 1 is 1.39 bits per heavy atom. The fourth-order valence-corrected chi connectivity index (χ4v) is 2.63. The van der Waals surface area contributed by atoms with Crippen LogP contribution >= 0.6 is 0 Å². The lowest BCUT2D eigenvalue weighted by Gasteiger charge is -2.25. The van der Waals surface area contributed by atoms with Gasteiger partial charge in [0, 0.05) is 32.8 Å². The number of nitrogens with one attached hydrogen (secondary N) is 1. The van der Waals surface area contributed by atoms with Gasteiger partial charge in [-0.3, -0.25) is 9.69 Å². The van der Waals surface area contributed by atoms with Gasteiger partial charge in [0.25, 0.3) is 0 Å². The Balaban J connectivity index is 1.71. The maximum absolute atomic E-state index is 12.2. The summed E-state index contributed by atoms with van der Waals surface area (Å²) in [5.74, 6) is 0.249. The Hall–Kier alpha value is -0.650. The molecule has 5 nitrogen and oxygen atoms in total. The molecule has 1 unspecified atom stereocenters. The summed E-state index contributed by atoms with van der Waals surface area (Å²) >= 11 is 0. The first-order valence-electron chi connectivity index (χ1n) is 7.04. The predicted molar refractivity (Wildman–Crippen MR) is 70.5 cm³/mol. The van der Waals surface area contributed by atoms with Crippen molar-refractivity contribution in [2.45, 2.75) is 25.4 Å². The van der Waals surface area contributed by atoms with E-state index in [2.05, 4.69) is 10.2 Å². The molecule has 0 aromatic rings. The SMILES string of the molecule is CN(CC(=O)N1CCCNCC1)CC1CCCO1. The maximum atomic E-state index is 12.2. The average Bonchev–Trinajstić information content (AvgIpc) is 2.68. The van der Waals surface area contributed by atoms with Gasteiger partial charge < -0.3 is 15.0 Å². The van der Waals surface area contributed by atoms with Gasteiger partial charge in [-0.25, -0.2) is 0 Å². The summed E-state index contributed by atoms with van der Waals surface area (Å²) < 4.78 is 5.59. The summed E-state index contributed by atoms with van der Waals surface area (Å²) in [4.78, 5) is 16.2. The van der Waals surface area contributed by atoms with Crippen LogP contribution in [0.1, 0.15) is 19.3 Å². The Labute approximate surface area is 109 Å². The Bertz CT molecular complexity index is 259. The number of hydrogen-bond acceptors (Lipinski definition) is 4. The Kier molecular flexibility index (Phi) is 5.41. The normalized spacial score (nSPS) is 25.4. The van der Waals surface area contributed by atoms with Crippen molar-refractivity contribution >= 4 is 5.91 Å². The van der Waals surface area contributed by atoms with Crippen LogP contribution in [-0.2, 0) is 9.53 Å². The fraction of sp³-hybridized carbons (Fsp3) is 0.923. The smallest absolute Gasteiger partial charge is 0.236 e. The zero-order valence-electron chi connectivity index (χ0n) is 11.4. The standard InChI is InChI=1S/C13H25N3O2/c1-15(10-12-4-2-9-18-12)11-13(17)16-7-3-5-14-6-8-16/h12,14H,2-11H2,1H3. The molecule has 1 atom stereocenters. The Morgan fingerprint density at radius 2 is 2.28 bits per heavy atom. The van der Waals surface area contributed by atoms with E-state index in [0.29, 0.717) is 12.6 Å². The van der Waals surface area contributed by atoms with Crippen molar-refractivity contribution in [2.75, 3.05) is 52.9 Å². The average molecular weight is 255 g/mol. The van der Waals surface area contributed by atoms with Crippen molar-refractivity contribution in [2.24, 2.45) is 0 Å². The number of rotatable bonds is 4. The van der Waals surface area contributed by atoms with E-state index in [-0.39, 0.29) is 5.91 Å². The molecule has 1 amide bonds. The van der Waals surface area contributed by atoms with Crippen LogP contribution in [0, 0.1) is 0 Å². The van der Waals surface area contributed by atoms with Gasteiger partial charge in [0.05, 0.1) is 12.6 Å². The highest BCUT2D eigenvalue weighted by atomic mass is 16.5. The summed E-state index contributed by atoms with van der Waals surface area (Å²) in [5, 5.41) is 3.32. The lowest BCUT2D eigenvalue weighted by molar-refractivity contribution is -0.132. The molecule has 0 saturated carbocycles. The van der Waals surface area contributed by atoms with E-state index in [9.17, 15) is 4.79 Å². The first kappa shape index (κ1) is 13.8. The lowest BCUT2D eigenvalue weighted by Crippen LogP contribution is -2.42. The van der Waals surface area contributed by atoms with Crippen LogP contribution < -0.4 is 5.32 Å². The molecular formula is C13H25N3O2. The lowest BCUT2D eigenvalue weighted by atomic mass is 10.2. The molecule has 2 saturated heterocycles. The molecule has 0 aromatic carbocycles. The van der Waals surface area contributed by atoms with Gasteiger partial charge in [-0.2, -0.15) is 0 Å². The van der Waals surface area contributed by atoms with Crippen LogP contribution in [0.15, 0.2) is 0 Å². The van der Waals surface area contributed by atoms with Crippen LogP contribution in [0.2, 0.25) is 0 Å². The van der Waals surface area contributed by atoms with E-state index >= 15 is 0 Å². The van der Waals surface area contributed by atoms with E-state index in [1.165, 1.54) is 0 Å². The minimum absolute atomic E-state index is 0.249. The fourth-order valence-electron chi connectivity index (χ4n) is 2.63. The van der Waals surface area contributed by atoms with E-state index in [1.807, 2.05) is 11.9 Å². The number of likely N-dealkylation sites (N-methyl/N-ethyl adjacent to an activating group) is 1. The quantitative estimate of drug-likeness (QED) is 0.763. The van der Waals surface area contributed by atoms with Gasteiger partial charge in [0.1, 0.15) is 0 Å². The van der Waals surface area contributed by atoms with E-state index in [1.54, 1.807) is 0 Å². The molecule has 0 bridgehead atoms. The Morgan fingerprint density at radius 3 is 3.06 bits per heavy atom. The largest absolute Gasteiger partial charge is 0.377 e. The van der Waals surface area contributed by atoms with E-state index in [4.69, 9.17) is 4.74 Å². The zero-order valence-corrected chi connectivity index (χ0v) is 11.4. The molecule has 0 radical (unpaired) electrons. The van der Waals surface area contributed by atoms with Crippen LogP contribution in [0.3, 0.4) is 0 Å². The number of ether oxygens (including phenoxy) is 1. The number of amides is 1. The predicted octanol–water partition coefficient (Wildman–Crippen LogP) is -0.0809. The molecule has 0 aliphatic carbocycles. The van der Waals surface area contributed by atoms with Crippen molar-refractivity contribution in [1.82, 2.24) is 15.1 Å². The highest BCUT2D eigenvalue weighted by Gasteiger charge is 2.21. The third kappa shape index (κ3) is 4.23. The molecule has 2 aliphatic rings. The molecule has 2 fully saturated rings. The second-order valence-electron chi connectivity index (χ2n) is 5.32. The zero-order chi connectivity index (χ0) is 12.8. The molecule has 104 valence electrons. The third-order valence-corrected chi connectivity index (χ3v) is 3.64. The third-order valence-electron chi connectivity index (χ3n) is 3.64. The topological polar surface area (TPSA) is 44.8 Å². The van der Waals surface area contributed by atoms with Gasteiger partial charge in [-0.1, -0.05) is 0 Å². The molecule has 1 N–H and O–H groups in total. The van der Waals surface area contributed by atoms with Gasteiger partial charge in [0.15, 0.2) is 0 Å². The number of nitrogens with zero attached hydrogens (tertiary/aromatic N) is 2. The maximum Gasteiger partial charge on any atom is 0.236 e. The second-order valence-corrected chi connectivity index (χ2v) is 5.32. The van der Waals surface area contributed by atoms with Crippen LogP contribution in [-0.4, -0.2) is 74.7 Å². The second kappa shape index (κ2) is 7.07. The molecule has 0 spiro atoms. The summed E-state index contributed by atoms with van der Waals surface area (Å²) in [5.41, 5.74) is 0.